The lowest BCUT2D eigenvalue weighted by Gasteiger charge is -2.24. The van der Waals surface area contributed by atoms with Gasteiger partial charge in [-0.05, 0) is 37.1 Å². The lowest BCUT2D eigenvalue weighted by atomic mass is 9.97. The third kappa shape index (κ3) is 4.43. The Hall–Kier alpha value is -0.0800. The van der Waals surface area contributed by atoms with Gasteiger partial charge in [0.25, 0.3) is 0 Å². The fourth-order valence-corrected chi connectivity index (χ4v) is 1.72. The van der Waals surface area contributed by atoms with Crippen molar-refractivity contribution >= 4 is 0 Å². The first-order valence-electron chi connectivity index (χ1n) is 5.98. The minimum atomic E-state index is 0.753. The number of hydrogen-bond donors (Lipinski definition) is 1. The molecule has 2 atom stereocenters. The van der Waals surface area contributed by atoms with E-state index in [2.05, 4.69) is 26.1 Å². The minimum absolute atomic E-state index is 0.753. The smallest absolute Gasteiger partial charge is 0.0506 e. The van der Waals surface area contributed by atoms with Crippen molar-refractivity contribution in [2.75, 3.05) is 26.3 Å². The van der Waals surface area contributed by atoms with Crippen LogP contribution in [0.1, 0.15) is 33.6 Å². The Morgan fingerprint density at radius 2 is 2.14 bits per heavy atom. The molecule has 0 spiro atoms. The number of ether oxygens (including phenoxy) is 1. The van der Waals surface area contributed by atoms with Crippen molar-refractivity contribution in [3.63, 3.8) is 0 Å². The third-order valence-corrected chi connectivity index (χ3v) is 3.29. The second kappa shape index (κ2) is 6.41. The van der Waals surface area contributed by atoms with Gasteiger partial charge in [-0.25, -0.2) is 0 Å². The lowest BCUT2D eigenvalue weighted by Crippen LogP contribution is -2.32. The van der Waals surface area contributed by atoms with Crippen LogP contribution in [-0.4, -0.2) is 26.3 Å². The second-order valence-corrected chi connectivity index (χ2v) is 4.96. The van der Waals surface area contributed by atoms with Crippen LogP contribution in [0.5, 0.6) is 0 Å². The third-order valence-electron chi connectivity index (χ3n) is 3.29. The molecule has 1 rings (SSSR count). The largest absolute Gasteiger partial charge is 0.381 e. The molecule has 2 unspecified atom stereocenters. The first-order chi connectivity index (χ1) is 6.70. The first kappa shape index (κ1) is 12.0. The Morgan fingerprint density at radius 3 is 2.71 bits per heavy atom. The highest BCUT2D eigenvalue weighted by atomic mass is 16.5. The molecular formula is C12H25NO. The molecule has 1 heterocycles. The van der Waals surface area contributed by atoms with Gasteiger partial charge in [0.15, 0.2) is 0 Å². The topological polar surface area (TPSA) is 21.3 Å². The zero-order chi connectivity index (χ0) is 10.4. The van der Waals surface area contributed by atoms with Crippen molar-refractivity contribution in [1.29, 1.82) is 0 Å². The van der Waals surface area contributed by atoms with Gasteiger partial charge in [0, 0.05) is 13.2 Å². The molecule has 1 fully saturated rings. The van der Waals surface area contributed by atoms with Crippen LogP contribution in [0.4, 0.5) is 0 Å². The standard InChI is InChI=1S/C12H25NO/c1-10(2)11(3)7-13-8-12-5-4-6-14-9-12/h10-13H,4-9H2,1-3H3. The Bertz CT molecular complexity index is 141. The molecule has 0 bridgehead atoms. The molecule has 0 aliphatic carbocycles. The van der Waals surface area contributed by atoms with Gasteiger partial charge in [-0.2, -0.15) is 0 Å². The molecule has 1 aliphatic heterocycles. The summed E-state index contributed by atoms with van der Waals surface area (Å²) in [5.41, 5.74) is 0. The van der Waals surface area contributed by atoms with E-state index in [1.807, 2.05) is 0 Å². The van der Waals surface area contributed by atoms with Crippen LogP contribution < -0.4 is 5.32 Å². The summed E-state index contributed by atoms with van der Waals surface area (Å²) in [6.07, 6.45) is 2.58. The van der Waals surface area contributed by atoms with Crippen LogP contribution in [0, 0.1) is 17.8 Å². The van der Waals surface area contributed by atoms with Crippen LogP contribution >= 0.6 is 0 Å². The fourth-order valence-electron chi connectivity index (χ4n) is 1.72. The molecule has 1 aliphatic rings. The Kier molecular flexibility index (Phi) is 5.49. The monoisotopic (exact) mass is 199 g/mol. The molecule has 2 nitrogen and oxygen atoms in total. The quantitative estimate of drug-likeness (QED) is 0.733. The van der Waals surface area contributed by atoms with E-state index in [0.717, 1.165) is 44.1 Å². The number of nitrogens with one attached hydrogen (secondary N) is 1. The predicted molar refractivity (Wildman–Crippen MR) is 60.4 cm³/mol. The Balaban J connectivity index is 2.02. The lowest BCUT2D eigenvalue weighted by molar-refractivity contribution is 0.0544. The summed E-state index contributed by atoms with van der Waals surface area (Å²) in [6.45, 7) is 11.1. The molecule has 1 saturated heterocycles. The van der Waals surface area contributed by atoms with E-state index >= 15 is 0 Å². The molecule has 0 aromatic carbocycles. The van der Waals surface area contributed by atoms with Gasteiger partial charge in [-0.3, -0.25) is 0 Å². The number of hydrogen-bond acceptors (Lipinski definition) is 2. The van der Waals surface area contributed by atoms with Crippen molar-refractivity contribution in [2.24, 2.45) is 17.8 Å². The van der Waals surface area contributed by atoms with Gasteiger partial charge in [-0.15, -0.1) is 0 Å². The van der Waals surface area contributed by atoms with E-state index in [1.165, 1.54) is 12.8 Å². The average Bonchev–Trinajstić information content (AvgIpc) is 2.19. The SMILES string of the molecule is CC(C)C(C)CNCC1CCCOC1. The van der Waals surface area contributed by atoms with Crippen LogP contribution in [-0.2, 0) is 4.74 Å². The van der Waals surface area contributed by atoms with E-state index in [1.54, 1.807) is 0 Å². The maximum atomic E-state index is 5.45. The summed E-state index contributed by atoms with van der Waals surface area (Å²) in [4.78, 5) is 0. The Morgan fingerprint density at radius 1 is 1.36 bits per heavy atom. The maximum absolute atomic E-state index is 5.45. The molecule has 0 aromatic rings. The van der Waals surface area contributed by atoms with Crippen LogP contribution in [0.2, 0.25) is 0 Å². The van der Waals surface area contributed by atoms with E-state index in [-0.39, 0.29) is 0 Å². The zero-order valence-electron chi connectivity index (χ0n) is 9.88. The Labute approximate surface area is 88.4 Å². The molecule has 0 saturated carbocycles. The predicted octanol–water partition coefficient (Wildman–Crippen LogP) is 2.29. The number of rotatable bonds is 5. The molecule has 0 radical (unpaired) electrons. The van der Waals surface area contributed by atoms with E-state index in [4.69, 9.17) is 4.74 Å². The fraction of sp³-hybridized carbons (Fsp3) is 1.00. The van der Waals surface area contributed by atoms with Crippen LogP contribution in [0.25, 0.3) is 0 Å². The molecule has 0 amide bonds. The second-order valence-electron chi connectivity index (χ2n) is 4.96. The summed E-state index contributed by atoms with van der Waals surface area (Å²) >= 11 is 0. The normalized spacial score (nSPS) is 25.3. The highest BCUT2D eigenvalue weighted by Crippen LogP contribution is 2.13. The first-order valence-corrected chi connectivity index (χ1v) is 5.98. The summed E-state index contributed by atoms with van der Waals surface area (Å²) in [6, 6.07) is 0. The van der Waals surface area contributed by atoms with Crippen molar-refractivity contribution in [3.05, 3.63) is 0 Å². The van der Waals surface area contributed by atoms with Gasteiger partial charge < -0.3 is 10.1 Å². The van der Waals surface area contributed by atoms with Gasteiger partial charge in [0.05, 0.1) is 6.61 Å². The molecule has 0 aromatic heterocycles. The van der Waals surface area contributed by atoms with Gasteiger partial charge >= 0.3 is 0 Å². The van der Waals surface area contributed by atoms with E-state index < -0.39 is 0 Å². The van der Waals surface area contributed by atoms with Crippen molar-refractivity contribution in [2.45, 2.75) is 33.6 Å². The van der Waals surface area contributed by atoms with Gasteiger partial charge in [0.2, 0.25) is 0 Å². The van der Waals surface area contributed by atoms with Gasteiger partial charge in [-0.1, -0.05) is 20.8 Å². The highest BCUT2D eigenvalue weighted by molar-refractivity contribution is 4.67. The summed E-state index contributed by atoms with van der Waals surface area (Å²) in [5, 5.41) is 3.56. The zero-order valence-corrected chi connectivity index (χ0v) is 9.88. The molecule has 2 heteroatoms. The molecule has 84 valence electrons. The molecular weight excluding hydrogens is 174 g/mol. The average molecular weight is 199 g/mol. The van der Waals surface area contributed by atoms with Crippen molar-refractivity contribution < 1.29 is 4.74 Å². The summed E-state index contributed by atoms with van der Waals surface area (Å²) in [7, 11) is 0. The van der Waals surface area contributed by atoms with Crippen LogP contribution in [0.15, 0.2) is 0 Å². The summed E-state index contributed by atoms with van der Waals surface area (Å²) in [5.74, 6) is 2.31. The van der Waals surface area contributed by atoms with Crippen molar-refractivity contribution in [3.8, 4) is 0 Å². The minimum Gasteiger partial charge on any atom is -0.381 e. The molecule has 1 N–H and O–H groups in total. The van der Waals surface area contributed by atoms with E-state index in [0.29, 0.717) is 0 Å². The van der Waals surface area contributed by atoms with Crippen molar-refractivity contribution in [1.82, 2.24) is 5.32 Å². The highest BCUT2D eigenvalue weighted by Gasteiger charge is 2.14. The summed E-state index contributed by atoms with van der Waals surface area (Å²) < 4.78 is 5.45. The van der Waals surface area contributed by atoms with Crippen LogP contribution in [0.3, 0.4) is 0 Å². The molecule has 14 heavy (non-hydrogen) atoms. The maximum Gasteiger partial charge on any atom is 0.0506 e. The van der Waals surface area contributed by atoms with Gasteiger partial charge in [0.1, 0.15) is 0 Å². The van der Waals surface area contributed by atoms with E-state index in [9.17, 15) is 0 Å².